The van der Waals surface area contributed by atoms with Crippen LogP contribution in [0.25, 0.3) is 0 Å². The van der Waals surface area contributed by atoms with Gasteiger partial charge in [0.1, 0.15) is 11.8 Å². The van der Waals surface area contributed by atoms with Gasteiger partial charge >= 0.3 is 0 Å². The van der Waals surface area contributed by atoms with Gasteiger partial charge in [-0.1, -0.05) is 11.6 Å². The third kappa shape index (κ3) is 3.81. The topological polar surface area (TPSA) is 75.9 Å². The van der Waals surface area contributed by atoms with Gasteiger partial charge in [-0.3, -0.25) is 9.59 Å². The van der Waals surface area contributed by atoms with Gasteiger partial charge in [0.25, 0.3) is 5.91 Å². The lowest BCUT2D eigenvalue weighted by Gasteiger charge is -2.35. The number of nitrogens with two attached hydrogens (primary N) is 1. The summed E-state index contributed by atoms with van der Waals surface area (Å²) in [6.45, 7) is 2.69. The van der Waals surface area contributed by atoms with Crippen LogP contribution in [-0.2, 0) is 4.79 Å². The van der Waals surface area contributed by atoms with Crippen LogP contribution in [0.5, 0.6) is 5.75 Å². The number of hydrogen-bond acceptors (Lipinski definition) is 4. The van der Waals surface area contributed by atoms with Gasteiger partial charge in [-0.05, 0) is 56.3 Å². The van der Waals surface area contributed by atoms with Gasteiger partial charge in [-0.15, -0.1) is 0 Å². The fourth-order valence-corrected chi connectivity index (χ4v) is 4.04. The first-order valence-electron chi connectivity index (χ1n) is 9.18. The van der Waals surface area contributed by atoms with Crippen molar-refractivity contribution >= 4 is 23.4 Å². The Balaban J connectivity index is 1.75. The van der Waals surface area contributed by atoms with Gasteiger partial charge < -0.3 is 20.3 Å². The quantitative estimate of drug-likeness (QED) is 0.869. The van der Waals surface area contributed by atoms with Crippen LogP contribution in [0, 0.1) is 5.92 Å². The molecule has 2 N–H and O–H groups in total. The summed E-state index contributed by atoms with van der Waals surface area (Å²) in [7, 11) is 1.52. The van der Waals surface area contributed by atoms with Crippen LogP contribution >= 0.6 is 11.6 Å². The number of hydrogen-bond donors (Lipinski definition) is 1. The molecule has 0 spiro atoms. The van der Waals surface area contributed by atoms with E-state index in [1.54, 1.807) is 23.1 Å². The molecule has 2 fully saturated rings. The summed E-state index contributed by atoms with van der Waals surface area (Å²) in [5, 5.41) is 0.472. The maximum atomic E-state index is 13.1. The number of benzene rings is 1. The van der Waals surface area contributed by atoms with Crippen molar-refractivity contribution in [1.29, 1.82) is 0 Å². The molecule has 0 bridgehead atoms. The summed E-state index contributed by atoms with van der Waals surface area (Å²) in [6, 6.07) is 4.57. The largest absolute Gasteiger partial charge is 0.496 e. The Morgan fingerprint density at radius 3 is 2.62 bits per heavy atom. The molecule has 6 nitrogen and oxygen atoms in total. The van der Waals surface area contributed by atoms with E-state index in [2.05, 4.69) is 0 Å². The summed E-state index contributed by atoms with van der Waals surface area (Å²) >= 11 is 6.06. The number of carbonyl (C=O) groups is 2. The molecule has 2 heterocycles. The highest BCUT2D eigenvalue weighted by Crippen LogP contribution is 2.29. The second-order valence-electron chi connectivity index (χ2n) is 7.01. The van der Waals surface area contributed by atoms with Crippen LogP contribution < -0.4 is 10.5 Å². The number of nitrogens with zero attached hydrogens (tertiary/aromatic N) is 2. The van der Waals surface area contributed by atoms with Gasteiger partial charge in [-0.25, -0.2) is 0 Å². The number of amides is 2. The molecule has 2 saturated heterocycles. The summed E-state index contributed by atoms with van der Waals surface area (Å²) in [5.41, 5.74) is 6.14. The molecule has 2 aliphatic rings. The van der Waals surface area contributed by atoms with Gasteiger partial charge in [0.05, 0.1) is 12.7 Å². The van der Waals surface area contributed by atoms with Crippen LogP contribution in [0.2, 0.25) is 5.02 Å². The summed E-state index contributed by atoms with van der Waals surface area (Å²) in [6.07, 6.45) is 3.39. The first-order chi connectivity index (χ1) is 12.5. The molecule has 1 aromatic carbocycles. The Labute approximate surface area is 159 Å². The molecular weight excluding hydrogens is 354 g/mol. The van der Waals surface area contributed by atoms with Crippen LogP contribution in [0.15, 0.2) is 18.2 Å². The zero-order chi connectivity index (χ0) is 18.7. The zero-order valence-corrected chi connectivity index (χ0v) is 15.9. The number of halogens is 1. The van der Waals surface area contributed by atoms with E-state index in [0.29, 0.717) is 41.8 Å². The predicted octanol–water partition coefficient (Wildman–Crippen LogP) is 2.15. The molecule has 2 aliphatic heterocycles. The van der Waals surface area contributed by atoms with E-state index in [4.69, 9.17) is 22.1 Å². The summed E-state index contributed by atoms with van der Waals surface area (Å²) in [4.78, 5) is 29.6. The molecule has 0 saturated carbocycles. The van der Waals surface area contributed by atoms with Crippen molar-refractivity contribution in [2.75, 3.05) is 33.3 Å². The number of rotatable bonds is 4. The van der Waals surface area contributed by atoms with E-state index in [1.165, 1.54) is 7.11 Å². The fourth-order valence-electron chi connectivity index (χ4n) is 3.87. The van der Waals surface area contributed by atoms with Crippen molar-refractivity contribution in [3.8, 4) is 5.75 Å². The summed E-state index contributed by atoms with van der Waals surface area (Å²) in [5.74, 6) is 0.821. The lowest BCUT2D eigenvalue weighted by Crippen LogP contribution is -2.50. The lowest BCUT2D eigenvalue weighted by molar-refractivity contribution is -0.136. The second-order valence-corrected chi connectivity index (χ2v) is 7.44. The third-order valence-electron chi connectivity index (χ3n) is 5.45. The van der Waals surface area contributed by atoms with E-state index < -0.39 is 6.04 Å². The van der Waals surface area contributed by atoms with E-state index in [9.17, 15) is 9.59 Å². The maximum Gasteiger partial charge on any atom is 0.258 e. The Bertz CT molecular complexity index is 674. The highest BCUT2D eigenvalue weighted by atomic mass is 35.5. The number of piperidine rings is 1. The molecule has 7 heteroatoms. The minimum absolute atomic E-state index is 0.0484. The number of methoxy groups -OCH3 is 1. The predicted molar refractivity (Wildman–Crippen MR) is 100 cm³/mol. The van der Waals surface area contributed by atoms with Crippen LogP contribution in [0.3, 0.4) is 0 Å². The van der Waals surface area contributed by atoms with Crippen molar-refractivity contribution in [2.45, 2.75) is 31.7 Å². The second kappa shape index (κ2) is 8.27. The van der Waals surface area contributed by atoms with Crippen molar-refractivity contribution < 1.29 is 14.3 Å². The zero-order valence-electron chi connectivity index (χ0n) is 15.1. The van der Waals surface area contributed by atoms with E-state index in [-0.39, 0.29) is 11.8 Å². The molecular formula is C19H26ClN3O3. The molecule has 0 aromatic heterocycles. The molecule has 142 valence electrons. The average molecular weight is 380 g/mol. The Morgan fingerprint density at radius 1 is 1.23 bits per heavy atom. The smallest absolute Gasteiger partial charge is 0.258 e. The lowest BCUT2D eigenvalue weighted by atomic mass is 9.96. The molecule has 2 amide bonds. The minimum atomic E-state index is -0.402. The first kappa shape index (κ1) is 19.0. The number of likely N-dealkylation sites (tertiary alicyclic amines) is 2. The molecule has 1 aromatic rings. The third-order valence-corrected chi connectivity index (χ3v) is 5.69. The standard InChI is InChI=1S/C19H26ClN3O3/c1-26-17-5-4-14(20)11-15(17)18(24)23-8-2-3-16(23)19(25)22-9-6-13(12-21)7-10-22/h4-5,11,13,16H,2-3,6-10,12,21H2,1H3. The monoisotopic (exact) mass is 379 g/mol. The van der Waals surface area contributed by atoms with E-state index in [1.807, 2.05) is 4.90 Å². The number of ether oxygens (including phenoxy) is 1. The van der Waals surface area contributed by atoms with Gasteiger partial charge in [0, 0.05) is 24.7 Å². The molecule has 1 atom stereocenters. The number of carbonyl (C=O) groups excluding carboxylic acids is 2. The Hall–Kier alpha value is -1.79. The van der Waals surface area contributed by atoms with Crippen LogP contribution in [-0.4, -0.2) is 60.9 Å². The van der Waals surface area contributed by atoms with E-state index >= 15 is 0 Å². The minimum Gasteiger partial charge on any atom is -0.496 e. The van der Waals surface area contributed by atoms with Crippen molar-refractivity contribution in [2.24, 2.45) is 11.7 Å². The highest BCUT2D eigenvalue weighted by molar-refractivity contribution is 6.31. The van der Waals surface area contributed by atoms with Crippen molar-refractivity contribution in [3.05, 3.63) is 28.8 Å². The van der Waals surface area contributed by atoms with Gasteiger partial charge in [0.2, 0.25) is 5.91 Å². The SMILES string of the molecule is COc1ccc(Cl)cc1C(=O)N1CCCC1C(=O)N1CCC(CN)CC1. The van der Waals surface area contributed by atoms with Crippen molar-refractivity contribution in [1.82, 2.24) is 9.80 Å². The molecule has 26 heavy (non-hydrogen) atoms. The maximum absolute atomic E-state index is 13.1. The first-order valence-corrected chi connectivity index (χ1v) is 9.56. The molecule has 3 rings (SSSR count). The van der Waals surface area contributed by atoms with Crippen molar-refractivity contribution in [3.63, 3.8) is 0 Å². The van der Waals surface area contributed by atoms with Gasteiger partial charge in [-0.2, -0.15) is 0 Å². The van der Waals surface area contributed by atoms with Crippen LogP contribution in [0.1, 0.15) is 36.0 Å². The fraction of sp³-hybridized carbons (Fsp3) is 0.579. The summed E-state index contributed by atoms with van der Waals surface area (Å²) < 4.78 is 5.30. The normalized spacial score (nSPS) is 21.1. The van der Waals surface area contributed by atoms with Gasteiger partial charge in [0.15, 0.2) is 0 Å². The molecule has 1 unspecified atom stereocenters. The molecule has 0 radical (unpaired) electrons. The Morgan fingerprint density at radius 2 is 1.96 bits per heavy atom. The molecule has 0 aliphatic carbocycles. The van der Waals surface area contributed by atoms with Crippen LogP contribution in [0.4, 0.5) is 0 Å². The highest BCUT2D eigenvalue weighted by Gasteiger charge is 2.38. The van der Waals surface area contributed by atoms with E-state index in [0.717, 1.165) is 32.4 Å². The Kier molecular flexibility index (Phi) is 6.04. The average Bonchev–Trinajstić information content (AvgIpc) is 3.16.